The lowest BCUT2D eigenvalue weighted by atomic mass is 9.98. The Bertz CT molecular complexity index is 6990. The molecule has 8 aromatic heterocycles. The van der Waals surface area contributed by atoms with Crippen LogP contribution in [0.2, 0.25) is 0 Å². The van der Waals surface area contributed by atoms with Gasteiger partial charge in [0.15, 0.2) is 34.9 Å². The molecule has 14 aromatic carbocycles. The molecule has 12 heteroatoms. The molecule has 10 nitrogen and oxygen atoms in total. The molecule has 552 valence electrons. The van der Waals surface area contributed by atoms with E-state index >= 15 is 0 Å². The van der Waals surface area contributed by atoms with Gasteiger partial charge in [-0.3, -0.25) is 9.97 Å². The molecule has 0 unspecified atom stereocenters. The quantitative estimate of drug-likeness (QED) is 0.104. The van der Waals surface area contributed by atoms with E-state index in [1.165, 1.54) is 51.5 Å². The Morgan fingerprint density at radius 2 is 0.441 bits per heavy atom. The van der Waals surface area contributed by atoms with Crippen LogP contribution >= 0.6 is 22.7 Å². The molecule has 0 aliphatic rings. The molecule has 0 atom stereocenters. The SMILES string of the molecule is c1ccc(-c2ccc(-c3nc(-c4ccccc4)nc(-c4ccc(-c5ccc(-c6ccc(-c7nc8cccnc8c8c7sc7ccccc78)cc6)cc5)cc4)n3)cc2)cc1.c1ccc(-c2ccc(-c3nc(-c4ccccc4)nc(-c4ccc(-c5ccc(-c6ccc(-c7nc8ccncc8c8c7sc7ccccc78)cc6)cc5)cc4)n3)cc2)cc1. The maximum absolute atomic E-state index is 5.15. The van der Waals surface area contributed by atoms with E-state index in [9.17, 15) is 0 Å². The minimum absolute atomic E-state index is 0.634. The summed E-state index contributed by atoms with van der Waals surface area (Å²) >= 11 is 3.58. The van der Waals surface area contributed by atoms with Crippen LogP contribution in [-0.4, -0.2) is 49.8 Å². The van der Waals surface area contributed by atoms with Gasteiger partial charge in [0.05, 0.1) is 37.3 Å². The topological polar surface area (TPSA) is 129 Å². The first-order valence-corrected chi connectivity index (χ1v) is 40.8. The Balaban J connectivity index is 0.000000147. The maximum atomic E-state index is 5.15. The van der Waals surface area contributed by atoms with Crippen molar-refractivity contribution in [3.8, 4) is 158 Å². The lowest BCUT2D eigenvalue weighted by Crippen LogP contribution is -2.00. The van der Waals surface area contributed by atoms with Gasteiger partial charge >= 0.3 is 0 Å². The smallest absolute Gasteiger partial charge is 0.164 e. The monoisotopic (exact) mass is 1540 g/mol. The normalized spacial score (nSPS) is 11.4. The first kappa shape index (κ1) is 70.5. The molecule has 0 radical (unpaired) electrons. The van der Waals surface area contributed by atoms with Crippen molar-refractivity contribution in [2.24, 2.45) is 0 Å². The van der Waals surface area contributed by atoms with Crippen molar-refractivity contribution in [1.29, 1.82) is 0 Å². The van der Waals surface area contributed by atoms with Crippen molar-refractivity contribution in [3.05, 3.63) is 401 Å². The molecule has 0 bridgehead atoms. The Morgan fingerprint density at radius 3 is 0.788 bits per heavy atom. The highest BCUT2D eigenvalue weighted by molar-refractivity contribution is 7.27. The summed E-state index contributed by atoms with van der Waals surface area (Å²) in [5.41, 5.74) is 26.4. The van der Waals surface area contributed by atoms with Gasteiger partial charge in [-0.25, -0.2) is 39.9 Å². The molecule has 118 heavy (non-hydrogen) atoms. The van der Waals surface area contributed by atoms with Crippen LogP contribution in [0.3, 0.4) is 0 Å². The van der Waals surface area contributed by atoms with Gasteiger partial charge in [-0.2, -0.15) is 0 Å². The third-order valence-electron chi connectivity index (χ3n) is 21.7. The van der Waals surface area contributed by atoms with Crippen LogP contribution in [0.25, 0.3) is 220 Å². The average molecular weight is 1540 g/mol. The van der Waals surface area contributed by atoms with Crippen molar-refractivity contribution in [2.75, 3.05) is 0 Å². The first-order valence-electron chi connectivity index (χ1n) is 39.1. The Morgan fingerprint density at radius 1 is 0.178 bits per heavy atom. The molecule has 8 heterocycles. The molecule has 0 amide bonds. The molecular weight excluding hydrogens is 1480 g/mol. The van der Waals surface area contributed by atoms with Crippen LogP contribution in [0, 0.1) is 0 Å². The number of pyridine rings is 4. The summed E-state index contributed by atoms with van der Waals surface area (Å²) in [6, 6.07) is 133. The number of benzene rings is 14. The van der Waals surface area contributed by atoms with E-state index in [1.807, 2.05) is 104 Å². The number of hydrogen-bond donors (Lipinski definition) is 0. The van der Waals surface area contributed by atoms with Crippen molar-refractivity contribution >= 4 is 85.0 Å². The second-order valence-electron chi connectivity index (χ2n) is 29.0. The average Bonchev–Trinajstić information content (AvgIpc) is 1.57. The molecule has 22 aromatic rings. The van der Waals surface area contributed by atoms with Gasteiger partial charge in [0.2, 0.25) is 0 Å². The van der Waals surface area contributed by atoms with E-state index in [2.05, 4.69) is 302 Å². The summed E-state index contributed by atoms with van der Waals surface area (Å²) in [5, 5.41) is 5.97. The van der Waals surface area contributed by atoms with E-state index in [1.54, 1.807) is 22.7 Å². The molecule has 0 fully saturated rings. The summed E-state index contributed by atoms with van der Waals surface area (Å²) in [6.45, 7) is 0. The first-order chi connectivity index (χ1) is 58.4. The highest BCUT2D eigenvalue weighted by atomic mass is 32.1. The summed E-state index contributed by atoms with van der Waals surface area (Å²) in [4.78, 5) is 49.2. The lowest BCUT2D eigenvalue weighted by Gasteiger charge is -2.10. The second kappa shape index (κ2) is 30.9. The van der Waals surface area contributed by atoms with Crippen molar-refractivity contribution in [1.82, 2.24) is 49.8 Å². The Labute approximate surface area is 688 Å². The summed E-state index contributed by atoms with van der Waals surface area (Å²) < 4.78 is 4.86. The highest BCUT2D eigenvalue weighted by Gasteiger charge is 2.21. The zero-order chi connectivity index (χ0) is 78.2. The zero-order valence-corrected chi connectivity index (χ0v) is 65.0. The third kappa shape index (κ3) is 13.9. The number of thiophene rings is 2. The van der Waals surface area contributed by atoms with Gasteiger partial charge in [-0.15, -0.1) is 22.7 Å². The van der Waals surface area contributed by atoms with Crippen LogP contribution in [0.5, 0.6) is 0 Å². The molecule has 0 spiro atoms. The number of hydrogen-bond acceptors (Lipinski definition) is 12. The minimum Gasteiger partial charge on any atom is -0.264 e. The van der Waals surface area contributed by atoms with Crippen molar-refractivity contribution in [3.63, 3.8) is 0 Å². The molecule has 22 rings (SSSR count). The lowest BCUT2D eigenvalue weighted by molar-refractivity contribution is 1.07. The molecule has 0 aliphatic heterocycles. The number of rotatable bonds is 14. The molecular formula is C106H66N10S2. The van der Waals surface area contributed by atoms with Gasteiger partial charge in [0.25, 0.3) is 0 Å². The second-order valence-corrected chi connectivity index (χ2v) is 31.1. The van der Waals surface area contributed by atoms with E-state index in [0.717, 1.165) is 133 Å². The van der Waals surface area contributed by atoms with Crippen LogP contribution in [-0.2, 0) is 0 Å². The summed E-state index contributed by atoms with van der Waals surface area (Å²) in [7, 11) is 0. The van der Waals surface area contributed by atoms with E-state index in [-0.39, 0.29) is 0 Å². The highest BCUT2D eigenvalue weighted by Crippen LogP contribution is 2.46. The fourth-order valence-electron chi connectivity index (χ4n) is 15.6. The predicted molar refractivity (Wildman–Crippen MR) is 488 cm³/mol. The van der Waals surface area contributed by atoms with Crippen molar-refractivity contribution in [2.45, 2.75) is 0 Å². The van der Waals surface area contributed by atoms with E-state index in [4.69, 9.17) is 44.9 Å². The van der Waals surface area contributed by atoms with Crippen molar-refractivity contribution < 1.29 is 0 Å². The number of fused-ring (bicyclic) bond motifs is 10. The fraction of sp³-hybridized carbons (Fsp3) is 0. The number of aromatic nitrogens is 10. The van der Waals surface area contributed by atoms with Gasteiger partial charge in [0.1, 0.15) is 0 Å². The molecule has 0 saturated heterocycles. The van der Waals surface area contributed by atoms with Crippen LogP contribution < -0.4 is 0 Å². The van der Waals surface area contributed by atoms with E-state index < -0.39 is 0 Å². The summed E-state index contributed by atoms with van der Waals surface area (Å²) in [5.74, 6) is 3.83. The van der Waals surface area contributed by atoms with E-state index in [0.29, 0.717) is 34.9 Å². The summed E-state index contributed by atoms with van der Waals surface area (Å²) in [6.07, 6.45) is 5.61. The molecule has 0 saturated carbocycles. The third-order valence-corrected chi connectivity index (χ3v) is 24.1. The zero-order valence-electron chi connectivity index (χ0n) is 63.4. The Kier molecular flexibility index (Phi) is 18.4. The van der Waals surface area contributed by atoms with Gasteiger partial charge in [-0.05, 0) is 97.1 Å². The molecule has 0 aliphatic carbocycles. The van der Waals surface area contributed by atoms with Gasteiger partial charge < -0.3 is 0 Å². The fourth-order valence-corrected chi connectivity index (χ4v) is 18.0. The minimum atomic E-state index is 0.634. The van der Waals surface area contributed by atoms with Crippen LogP contribution in [0.4, 0.5) is 0 Å². The van der Waals surface area contributed by atoms with Crippen LogP contribution in [0.1, 0.15) is 0 Å². The Hall–Kier alpha value is -15.3. The molecule has 0 N–H and O–H groups in total. The van der Waals surface area contributed by atoms with Crippen LogP contribution in [0.15, 0.2) is 401 Å². The number of nitrogens with zero attached hydrogens (tertiary/aromatic N) is 10. The standard InChI is InChI=1S/2C53H33N5S/c1-3-10-34(11-4-1)35-23-29-42(30-24-35)52-56-51(41-12-5-2-6-13-41)57-53(58-52)43-31-25-39(26-32-43)37-19-17-36(18-20-37)38-21-27-40(28-22-38)48-50-47(44-14-7-8-16-46(44)59-50)49-45(55-48)15-9-33-54-49;1-3-9-34(10-4-1)35-21-27-42(28-22-35)52-56-51(41-11-5-2-6-12-41)57-53(58-52)43-29-23-39(24-30-43)37-17-15-36(16-18-37)38-19-25-40(26-20-38)49-50-48(44-13-7-8-14-47(44)59-50)45-33-54-32-31-46(45)55-49/h2*1-33H. The maximum Gasteiger partial charge on any atom is 0.164 e. The largest absolute Gasteiger partial charge is 0.264 e. The van der Waals surface area contributed by atoms with Gasteiger partial charge in [-0.1, -0.05) is 352 Å². The predicted octanol–water partition coefficient (Wildman–Crippen LogP) is 27.7. The van der Waals surface area contributed by atoms with Gasteiger partial charge in [0, 0.05) is 99.4 Å².